The Kier molecular flexibility index (Phi) is 6.54. The SMILES string of the molecule is c1ccc(N(c2ccc(-n3c4ccccc4c4ccccc43)cc2)c2ccc3c(c2)[Si]2(c4ccccc4Oc4ccccc42)c2ccccc2O3)cc1. The van der Waals surface area contributed by atoms with E-state index in [4.69, 9.17) is 9.47 Å². The lowest BCUT2D eigenvalue weighted by Gasteiger charge is -2.43. The minimum Gasteiger partial charge on any atom is -0.458 e. The quantitative estimate of drug-likeness (QED) is 0.172. The van der Waals surface area contributed by atoms with Crippen LogP contribution in [0.2, 0.25) is 0 Å². The molecule has 0 unspecified atom stereocenters. The number of anilines is 3. The minimum absolute atomic E-state index is 0.889. The van der Waals surface area contributed by atoms with E-state index in [1.807, 2.05) is 0 Å². The Morgan fingerprint density at radius 1 is 0.358 bits per heavy atom. The molecular weight excluding hydrogens is 665 g/mol. The number of benzene rings is 8. The Labute approximate surface area is 308 Å². The van der Waals surface area contributed by atoms with Crippen molar-refractivity contribution in [3.8, 4) is 28.7 Å². The Bertz CT molecular complexity index is 2710. The van der Waals surface area contributed by atoms with Crippen LogP contribution >= 0.6 is 0 Å². The molecule has 0 saturated heterocycles. The Hall–Kier alpha value is -6.82. The van der Waals surface area contributed by atoms with Gasteiger partial charge in [-0.3, -0.25) is 0 Å². The highest BCUT2D eigenvalue weighted by molar-refractivity contribution is 7.21. The smallest absolute Gasteiger partial charge is 0.196 e. The van der Waals surface area contributed by atoms with E-state index in [9.17, 15) is 0 Å². The van der Waals surface area contributed by atoms with Crippen molar-refractivity contribution in [1.82, 2.24) is 4.57 Å². The molecule has 0 N–H and O–H groups in total. The van der Waals surface area contributed by atoms with Crippen molar-refractivity contribution in [2.24, 2.45) is 0 Å². The summed E-state index contributed by atoms with van der Waals surface area (Å²) in [5.74, 6) is 3.62. The molecule has 11 rings (SSSR count). The summed E-state index contributed by atoms with van der Waals surface area (Å²) in [5, 5.41) is 7.41. The molecule has 0 radical (unpaired) electrons. The average molecular weight is 697 g/mol. The number of hydrogen-bond acceptors (Lipinski definition) is 3. The molecule has 0 aliphatic carbocycles. The van der Waals surface area contributed by atoms with Crippen LogP contribution in [0.3, 0.4) is 0 Å². The monoisotopic (exact) mass is 696 g/mol. The van der Waals surface area contributed by atoms with Gasteiger partial charge in [0.05, 0.1) is 11.0 Å². The maximum Gasteiger partial charge on any atom is 0.196 e. The van der Waals surface area contributed by atoms with Gasteiger partial charge in [0, 0.05) is 33.5 Å². The van der Waals surface area contributed by atoms with E-state index in [1.165, 1.54) is 42.6 Å². The third-order valence-corrected chi connectivity index (χ3v) is 15.8. The largest absolute Gasteiger partial charge is 0.458 e. The highest BCUT2D eigenvalue weighted by atomic mass is 28.3. The molecule has 2 aliphatic heterocycles. The third kappa shape index (κ3) is 4.35. The molecule has 5 heteroatoms. The van der Waals surface area contributed by atoms with E-state index < -0.39 is 8.07 Å². The number of aromatic nitrogens is 1. The summed E-state index contributed by atoms with van der Waals surface area (Å²) in [6.07, 6.45) is 0. The first-order chi connectivity index (χ1) is 26.3. The van der Waals surface area contributed by atoms with Crippen molar-refractivity contribution >= 4 is 67.7 Å². The number of nitrogens with zero attached hydrogens (tertiary/aromatic N) is 2. The summed E-state index contributed by atoms with van der Waals surface area (Å²) in [7, 11) is -2.91. The Balaban J connectivity index is 1.12. The molecule has 9 aromatic rings. The molecule has 4 nitrogen and oxygen atoms in total. The van der Waals surface area contributed by atoms with Gasteiger partial charge in [0.2, 0.25) is 0 Å². The standard InChI is InChI=1S/C48H32N2O2Si/c1-2-14-33(15-3-1)49(34-26-28-35(29-27-34)50-39-18-6-4-16-37(39)38-17-5-7-19-40(38)50)36-30-31-44-48(32-36)53(47-25-13-10-22-43(47)52-44)45-23-11-8-20-41(45)51-42-21-9-12-24-46(42)53/h1-32H. The second kappa shape index (κ2) is 11.6. The van der Waals surface area contributed by atoms with Gasteiger partial charge in [0.1, 0.15) is 23.0 Å². The molecule has 0 amide bonds. The Morgan fingerprint density at radius 2 is 0.792 bits per heavy atom. The van der Waals surface area contributed by atoms with Crippen molar-refractivity contribution in [2.75, 3.05) is 4.90 Å². The lowest BCUT2D eigenvalue weighted by atomic mass is 10.1. The zero-order chi connectivity index (χ0) is 34.9. The van der Waals surface area contributed by atoms with Gasteiger partial charge >= 0.3 is 0 Å². The topological polar surface area (TPSA) is 26.6 Å². The van der Waals surface area contributed by atoms with E-state index in [0.29, 0.717) is 0 Å². The van der Waals surface area contributed by atoms with Gasteiger partial charge in [-0.1, -0.05) is 109 Å². The highest BCUT2D eigenvalue weighted by Gasteiger charge is 2.53. The molecule has 1 spiro atoms. The van der Waals surface area contributed by atoms with Crippen molar-refractivity contribution in [2.45, 2.75) is 0 Å². The van der Waals surface area contributed by atoms with Crippen LogP contribution in [0.5, 0.6) is 23.0 Å². The number of para-hydroxylation sites is 6. The van der Waals surface area contributed by atoms with Crippen LogP contribution < -0.4 is 35.1 Å². The lowest BCUT2D eigenvalue weighted by molar-refractivity contribution is 0.481. The van der Waals surface area contributed by atoms with E-state index in [1.54, 1.807) is 0 Å². The first kappa shape index (κ1) is 29.9. The van der Waals surface area contributed by atoms with Crippen molar-refractivity contribution < 1.29 is 9.47 Å². The van der Waals surface area contributed by atoms with Crippen LogP contribution in [0, 0.1) is 0 Å². The van der Waals surface area contributed by atoms with Crippen LogP contribution in [-0.2, 0) is 0 Å². The summed E-state index contributed by atoms with van der Waals surface area (Å²) < 4.78 is 15.8. The fraction of sp³-hybridized carbons (Fsp3) is 0. The summed E-state index contributed by atoms with van der Waals surface area (Å²) in [6, 6.07) is 69.4. The van der Waals surface area contributed by atoms with E-state index in [0.717, 1.165) is 45.7 Å². The molecule has 2 aliphatic rings. The minimum atomic E-state index is -2.91. The normalized spacial score (nSPS) is 13.4. The van der Waals surface area contributed by atoms with Gasteiger partial charge in [0.25, 0.3) is 0 Å². The first-order valence-corrected chi connectivity index (χ1v) is 20.0. The molecule has 0 bridgehead atoms. The lowest BCUT2D eigenvalue weighted by Crippen LogP contribution is -2.77. The number of hydrogen-bond donors (Lipinski definition) is 0. The fourth-order valence-corrected chi connectivity index (χ4v) is 13.9. The summed E-state index contributed by atoms with van der Waals surface area (Å²) >= 11 is 0. The summed E-state index contributed by atoms with van der Waals surface area (Å²) in [4.78, 5) is 2.36. The zero-order valence-corrected chi connectivity index (χ0v) is 29.7. The van der Waals surface area contributed by atoms with Crippen molar-refractivity contribution in [3.63, 3.8) is 0 Å². The molecule has 0 atom stereocenters. The fourth-order valence-electron chi connectivity index (χ4n) is 8.72. The predicted molar refractivity (Wildman–Crippen MR) is 219 cm³/mol. The second-order valence-corrected chi connectivity index (χ2v) is 17.3. The molecule has 1 aromatic heterocycles. The van der Waals surface area contributed by atoms with Gasteiger partial charge in [-0.05, 0) is 106 Å². The van der Waals surface area contributed by atoms with E-state index in [-0.39, 0.29) is 0 Å². The molecule has 8 aromatic carbocycles. The molecule has 3 heterocycles. The maximum atomic E-state index is 6.78. The molecule has 53 heavy (non-hydrogen) atoms. The number of fused-ring (bicyclic) bond motifs is 11. The first-order valence-electron chi connectivity index (χ1n) is 18.0. The van der Waals surface area contributed by atoms with Gasteiger partial charge < -0.3 is 18.9 Å². The number of ether oxygens (including phenoxy) is 2. The van der Waals surface area contributed by atoms with Gasteiger partial charge in [-0.2, -0.15) is 0 Å². The summed E-state index contributed by atoms with van der Waals surface area (Å²) in [5.41, 5.74) is 6.73. The zero-order valence-electron chi connectivity index (χ0n) is 28.7. The van der Waals surface area contributed by atoms with Gasteiger partial charge in [0.15, 0.2) is 8.07 Å². The van der Waals surface area contributed by atoms with Crippen molar-refractivity contribution in [1.29, 1.82) is 0 Å². The van der Waals surface area contributed by atoms with E-state index in [2.05, 4.69) is 204 Å². The van der Waals surface area contributed by atoms with Crippen LogP contribution in [0.25, 0.3) is 27.5 Å². The van der Waals surface area contributed by atoms with Gasteiger partial charge in [-0.25, -0.2) is 0 Å². The van der Waals surface area contributed by atoms with Crippen LogP contribution in [0.1, 0.15) is 0 Å². The second-order valence-electron chi connectivity index (χ2n) is 13.7. The summed E-state index contributed by atoms with van der Waals surface area (Å²) in [6.45, 7) is 0. The maximum absolute atomic E-state index is 6.78. The van der Waals surface area contributed by atoms with Crippen LogP contribution in [0.15, 0.2) is 194 Å². The van der Waals surface area contributed by atoms with Crippen LogP contribution in [-0.4, -0.2) is 12.6 Å². The highest BCUT2D eigenvalue weighted by Crippen LogP contribution is 2.41. The van der Waals surface area contributed by atoms with Crippen LogP contribution in [0.4, 0.5) is 17.1 Å². The van der Waals surface area contributed by atoms with E-state index >= 15 is 0 Å². The Morgan fingerprint density at radius 3 is 1.36 bits per heavy atom. The number of rotatable bonds is 4. The van der Waals surface area contributed by atoms with Crippen molar-refractivity contribution in [3.05, 3.63) is 194 Å². The van der Waals surface area contributed by atoms with Gasteiger partial charge in [-0.15, -0.1) is 0 Å². The molecule has 0 fully saturated rings. The average Bonchev–Trinajstić information content (AvgIpc) is 3.56. The molecular formula is C48H32N2O2Si. The molecule has 0 saturated carbocycles. The third-order valence-electron chi connectivity index (χ3n) is 10.9. The predicted octanol–water partition coefficient (Wildman–Crippen LogP) is 9.84. The molecule has 250 valence electrons.